The maximum absolute atomic E-state index is 12.8. The normalized spacial score (nSPS) is 14.8. The van der Waals surface area contributed by atoms with Crippen molar-refractivity contribution in [1.29, 1.82) is 0 Å². The van der Waals surface area contributed by atoms with Gasteiger partial charge in [-0.25, -0.2) is 9.97 Å². The van der Waals surface area contributed by atoms with Crippen LogP contribution in [-0.2, 0) is 11.2 Å². The predicted molar refractivity (Wildman–Crippen MR) is 103 cm³/mol. The lowest BCUT2D eigenvalue weighted by molar-refractivity contribution is -0.130. The van der Waals surface area contributed by atoms with Crippen molar-refractivity contribution >= 4 is 34.4 Å². The van der Waals surface area contributed by atoms with Crippen LogP contribution >= 0.6 is 11.6 Å². The number of nitrogens with zero attached hydrogens (tertiary/aromatic N) is 4. The van der Waals surface area contributed by atoms with E-state index >= 15 is 0 Å². The molecule has 1 N–H and O–H groups in total. The second-order valence-corrected chi connectivity index (χ2v) is 6.95. The summed E-state index contributed by atoms with van der Waals surface area (Å²) in [6.07, 6.45) is 3.86. The minimum absolute atomic E-state index is 0.141. The molecule has 6 nitrogen and oxygen atoms in total. The lowest BCUT2D eigenvalue weighted by Crippen LogP contribution is -2.49. The largest absolute Gasteiger partial charge is 0.358 e. The molecule has 0 aliphatic carbocycles. The monoisotopic (exact) mass is 369 g/mol. The summed E-state index contributed by atoms with van der Waals surface area (Å²) < 4.78 is 0. The Balaban J connectivity index is 1.45. The summed E-state index contributed by atoms with van der Waals surface area (Å²) in [5, 5.41) is 1.71. The average Bonchev–Trinajstić information content (AvgIpc) is 2.97. The molecule has 2 aromatic heterocycles. The summed E-state index contributed by atoms with van der Waals surface area (Å²) in [4.78, 5) is 28.7. The van der Waals surface area contributed by atoms with E-state index in [1.54, 1.807) is 18.5 Å². The summed E-state index contributed by atoms with van der Waals surface area (Å²) in [7, 11) is 0. The molecule has 3 aromatic rings. The van der Waals surface area contributed by atoms with Crippen LogP contribution in [0.15, 0.2) is 36.7 Å². The molecule has 0 atom stereocenters. The molecular weight excluding hydrogens is 350 g/mol. The van der Waals surface area contributed by atoms with E-state index in [-0.39, 0.29) is 5.91 Å². The van der Waals surface area contributed by atoms with E-state index in [0.717, 1.165) is 41.2 Å². The topological polar surface area (TPSA) is 65.1 Å². The van der Waals surface area contributed by atoms with Gasteiger partial charge in [0, 0.05) is 60.2 Å². The number of rotatable bonds is 3. The molecule has 0 unspecified atom stereocenters. The summed E-state index contributed by atoms with van der Waals surface area (Å²) in [6, 6.07) is 7.54. The van der Waals surface area contributed by atoms with Gasteiger partial charge in [0.15, 0.2) is 0 Å². The second-order valence-electron chi connectivity index (χ2n) is 6.51. The van der Waals surface area contributed by atoms with Gasteiger partial charge in [0.05, 0.1) is 6.42 Å². The fraction of sp³-hybridized carbons (Fsp3) is 0.316. The Hall–Kier alpha value is -2.60. The Bertz CT molecular complexity index is 932. The van der Waals surface area contributed by atoms with Crippen molar-refractivity contribution in [1.82, 2.24) is 19.9 Å². The first-order chi connectivity index (χ1) is 12.6. The number of carbonyl (C=O) groups excluding carboxylic acids is 1. The van der Waals surface area contributed by atoms with Crippen LogP contribution in [0.2, 0.25) is 5.02 Å². The maximum Gasteiger partial charge on any atom is 0.227 e. The molecule has 0 radical (unpaired) electrons. The van der Waals surface area contributed by atoms with Crippen LogP contribution in [-0.4, -0.2) is 51.9 Å². The number of aromatic nitrogens is 3. The minimum Gasteiger partial charge on any atom is -0.358 e. The number of carbonyl (C=O) groups is 1. The zero-order valence-corrected chi connectivity index (χ0v) is 15.3. The van der Waals surface area contributed by atoms with Crippen LogP contribution in [0, 0.1) is 6.92 Å². The smallest absolute Gasteiger partial charge is 0.227 e. The van der Waals surface area contributed by atoms with Gasteiger partial charge in [0.1, 0.15) is 0 Å². The highest BCUT2D eigenvalue weighted by Gasteiger charge is 2.23. The molecule has 0 spiro atoms. The molecule has 1 fully saturated rings. The number of halogens is 1. The Morgan fingerprint density at radius 3 is 2.65 bits per heavy atom. The standard InChI is InChI=1S/C19H20ClN5O/c1-13-15(16-11-14(20)3-4-17(16)23-13)12-18(26)24-7-9-25(10-8-24)19-21-5-2-6-22-19/h2-6,11,23H,7-10,12H2,1H3. The molecule has 26 heavy (non-hydrogen) atoms. The minimum atomic E-state index is 0.141. The van der Waals surface area contributed by atoms with E-state index in [1.165, 1.54) is 0 Å². The van der Waals surface area contributed by atoms with E-state index < -0.39 is 0 Å². The molecule has 7 heteroatoms. The molecule has 1 aromatic carbocycles. The Kier molecular flexibility index (Phi) is 4.51. The quantitative estimate of drug-likeness (QED) is 0.771. The summed E-state index contributed by atoms with van der Waals surface area (Å²) in [6.45, 7) is 4.85. The number of hydrogen-bond donors (Lipinski definition) is 1. The highest BCUT2D eigenvalue weighted by atomic mass is 35.5. The molecule has 0 bridgehead atoms. The van der Waals surface area contributed by atoms with Gasteiger partial charge in [-0.1, -0.05) is 11.6 Å². The third kappa shape index (κ3) is 3.24. The molecule has 0 saturated carbocycles. The van der Waals surface area contributed by atoms with Gasteiger partial charge in [-0.3, -0.25) is 4.79 Å². The molecule has 4 rings (SSSR count). The summed E-state index contributed by atoms with van der Waals surface area (Å²) >= 11 is 6.13. The molecule has 1 aliphatic rings. The van der Waals surface area contributed by atoms with Crippen LogP contribution in [0.1, 0.15) is 11.3 Å². The number of amides is 1. The first kappa shape index (κ1) is 16.8. The fourth-order valence-electron chi connectivity index (χ4n) is 3.46. The van der Waals surface area contributed by atoms with Crippen LogP contribution < -0.4 is 4.90 Å². The van der Waals surface area contributed by atoms with E-state index in [9.17, 15) is 4.79 Å². The van der Waals surface area contributed by atoms with Crippen molar-refractivity contribution in [2.24, 2.45) is 0 Å². The van der Waals surface area contributed by atoms with E-state index in [4.69, 9.17) is 11.6 Å². The lowest BCUT2D eigenvalue weighted by Gasteiger charge is -2.34. The first-order valence-electron chi connectivity index (χ1n) is 8.68. The van der Waals surface area contributed by atoms with Gasteiger partial charge in [0.25, 0.3) is 0 Å². The van der Waals surface area contributed by atoms with Crippen molar-refractivity contribution < 1.29 is 4.79 Å². The molecule has 1 amide bonds. The zero-order chi connectivity index (χ0) is 18.1. The van der Waals surface area contributed by atoms with Gasteiger partial charge < -0.3 is 14.8 Å². The number of aryl methyl sites for hydroxylation is 1. The number of anilines is 1. The van der Waals surface area contributed by atoms with Crippen LogP contribution in [0.4, 0.5) is 5.95 Å². The number of hydrogen-bond acceptors (Lipinski definition) is 4. The van der Waals surface area contributed by atoms with Crippen LogP contribution in [0.5, 0.6) is 0 Å². The van der Waals surface area contributed by atoms with E-state index in [0.29, 0.717) is 24.5 Å². The number of aromatic amines is 1. The SMILES string of the molecule is Cc1[nH]c2ccc(Cl)cc2c1CC(=O)N1CCN(c2ncccn2)CC1. The molecule has 134 valence electrons. The van der Waals surface area contributed by atoms with E-state index in [2.05, 4.69) is 19.9 Å². The number of fused-ring (bicyclic) bond motifs is 1. The van der Waals surface area contributed by atoms with Crippen molar-refractivity contribution in [3.05, 3.63) is 52.9 Å². The predicted octanol–water partition coefficient (Wildman–Crippen LogP) is 2.81. The summed E-state index contributed by atoms with van der Waals surface area (Å²) in [5.41, 5.74) is 3.06. The van der Waals surface area contributed by atoms with Gasteiger partial charge in [-0.15, -0.1) is 0 Å². The molecule has 1 aliphatic heterocycles. The van der Waals surface area contributed by atoms with Crippen molar-refractivity contribution in [2.75, 3.05) is 31.1 Å². The first-order valence-corrected chi connectivity index (χ1v) is 9.06. The maximum atomic E-state index is 12.8. The third-order valence-corrected chi connectivity index (χ3v) is 5.11. The second kappa shape index (κ2) is 6.96. The summed E-state index contributed by atoms with van der Waals surface area (Å²) in [5.74, 6) is 0.865. The van der Waals surface area contributed by atoms with Crippen molar-refractivity contribution in [3.63, 3.8) is 0 Å². The Morgan fingerprint density at radius 1 is 1.19 bits per heavy atom. The van der Waals surface area contributed by atoms with E-state index in [1.807, 2.05) is 30.0 Å². The van der Waals surface area contributed by atoms with Gasteiger partial charge >= 0.3 is 0 Å². The van der Waals surface area contributed by atoms with Crippen molar-refractivity contribution in [3.8, 4) is 0 Å². The highest BCUT2D eigenvalue weighted by molar-refractivity contribution is 6.31. The molecule has 1 saturated heterocycles. The average molecular weight is 370 g/mol. The number of benzene rings is 1. The number of H-pyrrole nitrogens is 1. The Morgan fingerprint density at radius 2 is 1.92 bits per heavy atom. The van der Waals surface area contributed by atoms with Gasteiger partial charge in [-0.2, -0.15) is 0 Å². The van der Waals surface area contributed by atoms with Gasteiger partial charge in [0.2, 0.25) is 11.9 Å². The lowest BCUT2D eigenvalue weighted by atomic mass is 10.1. The fourth-order valence-corrected chi connectivity index (χ4v) is 3.63. The third-order valence-electron chi connectivity index (χ3n) is 4.88. The number of piperazine rings is 1. The van der Waals surface area contributed by atoms with Crippen LogP contribution in [0.3, 0.4) is 0 Å². The Labute approximate surface area is 156 Å². The molecular formula is C19H20ClN5O. The van der Waals surface area contributed by atoms with Gasteiger partial charge in [-0.05, 0) is 36.8 Å². The van der Waals surface area contributed by atoms with Crippen LogP contribution in [0.25, 0.3) is 10.9 Å². The zero-order valence-electron chi connectivity index (χ0n) is 14.6. The van der Waals surface area contributed by atoms with Crippen molar-refractivity contribution in [2.45, 2.75) is 13.3 Å². The number of nitrogens with one attached hydrogen (secondary N) is 1. The highest BCUT2D eigenvalue weighted by Crippen LogP contribution is 2.26. The molecule has 3 heterocycles.